The van der Waals surface area contributed by atoms with Crippen LogP contribution in [0.1, 0.15) is 0 Å². The van der Waals surface area contributed by atoms with Crippen molar-refractivity contribution in [3.8, 4) is 5.69 Å². The van der Waals surface area contributed by atoms with E-state index in [1.54, 1.807) is 0 Å². The van der Waals surface area contributed by atoms with Crippen molar-refractivity contribution < 1.29 is 0 Å². The molecule has 0 saturated carbocycles. The van der Waals surface area contributed by atoms with Gasteiger partial charge in [0.15, 0.2) is 0 Å². The highest BCUT2D eigenvalue weighted by Crippen LogP contribution is 2.43. The fourth-order valence-corrected chi connectivity index (χ4v) is 5.99. The summed E-state index contributed by atoms with van der Waals surface area (Å²) in [5, 5.41) is 6.60. The number of H-pyrrole nitrogens is 1. The average molecular weight is 388 g/mol. The van der Waals surface area contributed by atoms with E-state index < -0.39 is 0 Å². The lowest BCUT2D eigenvalue weighted by atomic mass is 10.1. The Hall–Kier alpha value is -3.56. The van der Waals surface area contributed by atoms with Crippen molar-refractivity contribution in [1.29, 1.82) is 0 Å². The van der Waals surface area contributed by atoms with Crippen LogP contribution in [-0.2, 0) is 0 Å². The Morgan fingerprint density at radius 3 is 2.31 bits per heavy atom. The Bertz CT molecular complexity index is 1710. The van der Waals surface area contributed by atoms with Gasteiger partial charge in [0.1, 0.15) is 0 Å². The van der Waals surface area contributed by atoms with E-state index in [0.717, 1.165) is 5.52 Å². The van der Waals surface area contributed by atoms with Gasteiger partial charge in [-0.05, 0) is 24.3 Å². The molecule has 7 rings (SSSR count). The van der Waals surface area contributed by atoms with E-state index in [0.29, 0.717) is 0 Å². The molecule has 0 aliphatic rings. The van der Waals surface area contributed by atoms with Crippen molar-refractivity contribution in [2.45, 2.75) is 0 Å². The van der Waals surface area contributed by atoms with E-state index in [1.165, 1.54) is 53.1 Å². The van der Waals surface area contributed by atoms with Crippen LogP contribution in [0.25, 0.3) is 58.6 Å². The molecule has 0 spiro atoms. The van der Waals surface area contributed by atoms with Gasteiger partial charge < -0.3 is 9.55 Å². The smallest absolute Gasteiger partial charge is 0.0715 e. The SMILES string of the molecule is c1ccc2c(-n3c4ccccc4c4c5sc6ccccc6c5ccc43)c[nH]c2c1. The van der Waals surface area contributed by atoms with Crippen LogP contribution < -0.4 is 0 Å². The Balaban J connectivity index is 1.73. The first-order valence-corrected chi connectivity index (χ1v) is 10.6. The number of fused-ring (bicyclic) bond motifs is 8. The summed E-state index contributed by atoms with van der Waals surface area (Å²) in [6.45, 7) is 0. The largest absolute Gasteiger partial charge is 0.359 e. The molecule has 0 amide bonds. The summed E-state index contributed by atoms with van der Waals surface area (Å²) in [5.74, 6) is 0. The molecule has 0 atom stereocenters. The molecular formula is C26H16N2S. The van der Waals surface area contributed by atoms with Gasteiger partial charge in [-0.3, -0.25) is 0 Å². The van der Waals surface area contributed by atoms with Gasteiger partial charge in [-0.1, -0.05) is 60.7 Å². The molecule has 3 heterocycles. The lowest BCUT2D eigenvalue weighted by Gasteiger charge is -2.06. The summed E-state index contributed by atoms with van der Waals surface area (Å²) in [6, 6.07) is 30.6. The number of nitrogens with zero attached hydrogens (tertiary/aromatic N) is 1. The van der Waals surface area contributed by atoms with Crippen molar-refractivity contribution in [3.05, 3.63) is 91.1 Å². The molecule has 0 unspecified atom stereocenters. The molecule has 136 valence electrons. The average Bonchev–Trinajstić information content (AvgIpc) is 3.44. The van der Waals surface area contributed by atoms with E-state index in [4.69, 9.17) is 0 Å². The topological polar surface area (TPSA) is 20.7 Å². The Morgan fingerprint density at radius 1 is 0.621 bits per heavy atom. The highest BCUT2D eigenvalue weighted by atomic mass is 32.1. The first kappa shape index (κ1) is 15.4. The number of hydrogen-bond acceptors (Lipinski definition) is 1. The van der Waals surface area contributed by atoms with E-state index >= 15 is 0 Å². The molecule has 29 heavy (non-hydrogen) atoms. The second-order valence-electron chi connectivity index (χ2n) is 7.51. The number of nitrogens with one attached hydrogen (secondary N) is 1. The zero-order valence-electron chi connectivity index (χ0n) is 15.5. The van der Waals surface area contributed by atoms with Crippen LogP contribution in [-0.4, -0.2) is 9.55 Å². The van der Waals surface area contributed by atoms with Gasteiger partial charge in [0.2, 0.25) is 0 Å². The van der Waals surface area contributed by atoms with Crippen molar-refractivity contribution in [2.24, 2.45) is 0 Å². The number of aromatic nitrogens is 2. The molecule has 0 aliphatic heterocycles. The maximum atomic E-state index is 3.45. The molecule has 0 aliphatic carbocycles. The highest BCUT2D eigenvalue weighted by molar-refractivity contribution is 7.26. The first-order chi connectivity index (χ1) is 14.4. The van der Waals surface area contributed by atoms with Gasteiger partial charge in [0.05, 0.1) is 16.7 Å². The second kappa shape index (κ2) is 5.49. The van der Waals surface area contributed by atoms with E-state index in [1.807, 2.05) is 11.3 Å². The minimum absolute atomic E-state index is 1.16. The fourth-order valence-electron chi connectivity index (χ4n) is 4.74. The summed E-state index contributed by atoms with van der Waals surface area (Å²) in [6.07, 6.45) is 2.13. The number of thiophene rings is 1. The summed E-state index contributed by atoms with van der Waals surface area (Å²) < 4.78 is 5.13. The molecule has 0 fully saturated rings. The van der Waals surface area contributed by atoms with E-state index in [-0.39, 0.29) is 0 Å². The lowest BCUT2D eigenvalue weighted by Crippen LogP contribution is -1.92. The molecule has 7 aromatic rings. The maximum Gasteiger partial charge on any atom is 0.0715 e. The molecular weight excluding hydrogens is 372 g/mol. The van der Waals surface area contributed by atoms with Crippen molar-refractivity contribution in [2.75, 3.05) is 0 Å². The van der Waals surface area contributed by atoms with Crippen LogP contribution in [0.3, 0.4) is 0 Å². The fraction of sp³-hybridized carbons (Fsp3) is 0. The molecule has 3 aromatic heterocycles. The number of aromatic amines is 1. The number of hydrogen-bond donors (Lipinski definition) is 1. The monoisotopic (exact) mass is 388 g/mol. The number of para-hydroxylation sites is 2. The molecule has 0 bridgehead atoms. The molecule has 0 saturated heterocycles. The summed E-state index contributed by atoms with van der Waals surface area (Å²) in [7, 11) is 0. The van der Waals surface area contributed by atoms with Crippen LogP contribution in [0.4, 0.5) is 0 Å². The summed E-state index contributed by atoms with van der Waals surface area (Å²) in [5.41, 5.74) is 4.87. The van der Waals surface area contributed by atoms with Gasteiger partial charge in [0, 0.05) is 48.0 Å². The summed E-state index contributed by atoms with van der Waals surface area (Å²) >= 11 is 1.90. The van der Waals surface area contributed by atoms with Crippen molar-refractivity contribution in [3.63, 3.8) is 0 Å². The maximum absolute atomic E-state index is 3.45. The Morgan fingerprint density at radius 2 is 1.38 bits per heavy atom. The standard InChI is InChI=1S/C26H16N2S/c1-4-10-20-18(8-1)23(15-27-20)28-21-11-5-2-9-19(21)25-22(28)14-13-17-16-7-3-6-12-24(16)29-26(17)25/h1-15,27H. The highest BCUT2D eigenvalue weighted by Gasteiger charge is 2.18. The van der Waals surface area contributed by atoms with Gasteiger partial charge in [-0.15, -0.1) is 11.3 Å². The second-order valence-corrected chi connectivity index (χ2v) is 8.56. The quantitative estimate of drug-likeness (QED) is 0.298. The number of benzene rings is 4. The zero-order chi connectivity index (χ0) is 18.9. The Labute approximate surface area is 170 Å². The molecule has 3 heteroatoms. The van der Waals surface area contributed by atoms with Crippen LogP contribution in [0.2, 0.25) is 0 Å². The molecule has 1 N–H and O–H groups in total. The van der Waals surface area contributed by atoms with Gasteiger partial charge in [-0.2, -0.15) is 0 Å². The summed E-state index contributed by atoms with van der Waals surface area (Å²) in [4.78, 5) is 3.45. The number of rotatable bonds is 1. The van der Waals surface area contributed by atoms with Crippen LogP contribution >= 0.6 is 11.3 Å². The van der Waals surface area contributed by atoms with Gasteiger partial charge in [-0.25, -0.2) is 0 Å². The molecule has 4 aromatic carbocycles. The minimum atomic E-state index is 1.16. The lowest BCUT2D eigenvalue weighted by molar-refractivity contribution is 1.19. The van der Waals surface area contributed by atoms with Crippen molar-refractivity contribution in [1.82, 2.24) is 9.55 Å². The van der Waals surface area contributed by atoms with E-state index in [2.05, 4.69) is 101 Å². The van der Waals surface area contributed by atoms with Crippen LogP contribution in [0.15, 0.2) is 91.1 Å². The Kier molecular flexibility index (Phi) is 2.91. The predicted octanol–water partition coefficient (Wildman–Crippen LogP) is 7.63. The zero-order valence-corrected chi connectivity index (χ0v) is 16.3. The van der Waals surface area contributed by atoms with Crippen LogP contribution in [0, 0.1) is 0 Å². The van der Waals surface area contributed by atoms with Crippen LogP contribution in [0.5, 0.6) is 0 Å². The third-order valence-corrected chi connectivity index (χ3v) is 7.19. The first-order valence-electron chi connectivity index (χ1n) is 9.80. The van der Waals surface area contributed by atoms with Gasteiger partial charge >= 0.3 is 0 Å². The molecule has 2 nitrogen and oxygen atoms in total. The van der Waals surface area contributed by atoms with E-state index in [9.17, 15) is 0 Å². The third-order valence-electron chi connectivity index (χ3n) is 5.99. The predicted molar refractivity (Wildman–Crippen MR) is 126 cm³/mol. The van der Waals surface area contributed by atoms with Gasteiger partial charge in [0.25, 0.3) is 0 Å². The van der Waals surface area contributed by atoms with Crippen molar-refractivity contribution >= 4 is 64.2 Å². The normalized spacial score (nSPS) is 12.1. The molecule has 0 radical (unpaired) electrons. The third kappa shape index (κ3) is 1.95. The minimum Gasteiger partial charge on any atom is -0.359 e.